The van der Waals surface area contributed by atoms with Gasteiger partial charge >= 0.3 is 0 Å². The van der Waals surface area contributed by atoms with Crippen LogP contribution in [-0.4, -0.2) is 51.6 Å². The van der Waals surface area contributed by atoms with Crippen LogP contribution >= 0.6 is 19.9 Å². The van der Waals surface area contributed by atoms with E-state index in [1.54, 1.807) is 11.3 Å². The Morgan fingerprint density at radius 3 is 3.03 bits per heavy atom. The first-order valence-electron chi connectivity index (χ1n) is 9.96. The first-order chi connectivity index (χ1) is 13.9. The van der Waals surface area contributed by atoms with Gasteiger partial charge in [0.15, 0.2) is 0 Å². The van der Waals surface area contributed by atoms with Crippen LogP contribution in [0.4, 0.5) is 0 Å². The summed E-state index contributed by atoms with van der Waals surface area (Å²) in [5.74, 6) is 0.182. The van der Waals surface area contributed by atoms with Crippen LogP contribution in [0.5, 0.6) is 0 Å². The lowest BCUT2D eigenvalue weighted by Gasteiger charge is -2.43. The lowest BCUT2D eigenvalue weighted by molar-refractivity contribution is -0.123. The van der Waals surface area contributed by atoms with Crippen LogP contribution in [0.25, 0.3) is 15.5 Å². The summed E-state index contributed by atoms with van der Waals surface area (Å²) in [5, 5.41) is 5.75. The van der Waals surface area contributed by atoms with Crippen molar-refractivity contribution in [2.24, 2.45) is 0 Å². The molecule has 2 unspecified atom stereocenters. The second-order valence-corrected chi connectivity index (χ2v) is 11.1. The fourth-order valence-corrected chi connectivity index (χ4v) is 6.44. The second-order valence-electron chi connectivity index (χ2n) is 8.45. The molecule has 0 saturated carbocycles. The molecule has 29 heavy (non-hydrogen) atoms. The predicted molar refractivity (Wildman–Crippen MR) is 122 cm³/mol. The highest BCUT2D eigenvalue weighted by Gasteiger charge is 2.32. The van der Waals surface area contributed by atoms with Crippen molar-refractivity contribution in [2.45, 2.75) is 32.1 Å². The molecule has 0 aliphatic carbocycles. The Morgan fingerprint density at radius 1 is 1.34 bits per heavy atom. The third-order valence-electron chi connectivity index (χ3n) is 5.59. The van der Waals surface area contributed by atoms with Gasteiger partial charge in [-0.15, -0.1) is 11.3 Å². The number of aryl methyl sites for hydroxylation is 1. The maximum Gasteiger partial charge on any atom is 0.252 e. The van der Waals surface area contributed by atoms with E-state index in [1.807, 2.05) is 24.1 Å². The number of thiazole rings is 1. The molecule has 4 heterocycles. The first kappa shape index (κ1) is 19.0. The van der Waals surface area contributed by atoms with Gasteiger partial charge in [0.2, 0.25) is 0 Å². The average molecular weight is 425 g/mol. The Balaban J connectivity index is 1.40. The van der Waals surface area contributed by atoms with Gasteiger partial charge in [0, 0.05) is 37.4 Å². The maximum absolute atomic E-state index is 13.0. The number of allylic oxidation sites excluding steroid dienone is 1. The molecule has 5 rings (SSSR count). The van der Waals surface area contributed by atoms with Gasteiger partial charge in [0.05, 0.1) is 26.7 Å². The van der Waals surface area contributed by atoms with E-state index < -0.39 is 0 Å². The van der Waals surface area contributed by atoms with Crippen LogP contribution in [0.2, 0.25) is 0 Å². The molecule has 5 nitrogen and oxygen atoms in total. The molecule has 0 spiro atoms. The monoisotopic (exact) mass is 424 g/mol. The number of piperazine rings is 1. The fourth-order valence-electron chi connectivity index (χ4n) is 4.19. The molecular weight excluding hydrogens is 399 g/mol. The quantitative estimate of drug-likeness (QED) is 0.744. The van der Waals surface area contributed by atoms with E-state index in [9.17, 15) is 4.79 Å². The topological polar surface area (TPSA) is 48.5 Å². The smallest absolute Gasteiger partial charge is 0.252 e. The molecule has 3 aliphatic rings. The van der Waals surface area contributed by atoms with E-state index in [-0.39, 0.29) is 17.2 Å². The van der Waals surface area contributed by atoms with Crippen LogP contribution < -0.4 is 5.32 Å². The molecule has 0 bridgehead atoms. The Bertz CT molecular complexity index is 1080. The highest BCUT2D eigenvalue weighted by molar-refractivity contribution is 7.51. The zero-order chi connectivity index (χ0) is 20.2. The van der Waals surface area contributed by atoms with Crippen molar-refractivity contribution in [1.82, 2.24) is 20.1 Å². The minimum Gasteiger partial charge on any atom is -0.367 e. The number of nitrogens with one attached hydrogen (secondary N) is 1. The molecule has 1 fully saturated rings. The molecule has 2 atom stereocenters. The van der Waals surface area contributed by atoms with E-state index >= 15 is 0 Å². The Morgan fingerprint density at radius 2 is 2.21 bits per heavy atom. The van der Waals surface area contributed by atoms with E-state index in [4.69, 9.17) is 0 Å². The Labute approximate surface area is 177 Å². The van der Waals surface area contributed by atoms with Gasteiger partial charge in [-0.05, 0) is 49.9 Å². The Kier molecular flexibility index (Phi) is 4.61. The van der Waals surface area contributed by atoms with E-state index in [1.165, 1.54) is 4.70 Å². The number of nitrogens with zero attached hydrogens (tertiary/aromatic N) is 3. The summed E-state index contributed by atoms with van der Waals surface area (Å²) in [4.78, 5) is 21.8. The van der Waals surface area contributed by atoms with Crippen molar-refractivity contribution in [3.8, 4) is 0 Å². The molecule has 1 aromatic heterocycles. The van der Waals surface area contributed by atoms with E-state index in [2.05, 4.69) is 59.4 Å². The molecule has 7 heteroatoms. The van der Waals surface area contributed by atoms with Gasteiger partial charge in [0.25, 0.3) is 5.91 Å². The number of hydrogen-bond acceptors (Lipinski definition) is 5. The summed E-state index contributed by atoms with van der Waals surface area (Å²) in [6, 6.07) is 6.34. The minimum atomic E-state index is 0.0700. The van der Waals surface area contributed by atoms with Crippen LogP contribution in [0.3, 0.4) is 0 Å². The summed E-state index contributed by atoms with van der Waals surface area (Å²) in [7, 11) is 0.539. The van der Waals surface area contributed by atoms with Gasteiger partial charge in [0.1, 0.15) is 0 Å². The Hall–Kier alpha value is -2.01. The molecule has 3 aliphatic heterocycles. The average Bonchev–Trinajstić information content (AvgIpc) is 3.06. The van der Waals surface area contributed by atoms with Gasteiger partial charge in [-0.1, -0.05) is 20.7 Å². The fraction of sp³-hybridized carbons (Fsp3) is 0.364. The molecule has 0 radical (unpaired) electrons. The normalized spacial score (nSPS) is 24.7. The SMILES string of the molecule is Cc1nc2ccc(C3=CC(=O)N4C=C(N5CCNC(C)(C)C5)C=CC4P3)cc2s1. The van der Waals surface area contributed by atoms with E-state index in [0.717, 1.165) is 46.7 Å². The maximum atomic E-state index is 13.0. The molecule has 2 aromatic rings. The largest absolute Gasteiger partial charge is 0.367 e. The summed E-state index contributed by atoms with van der Waals surface area (Å²) in [6.07, 6.45) is 8.26. The predicted octanol–water partition coefficient (Wildman–Crippen LogP) is 3.89. The zero-order valence-corrected chi connectivity index (χ0v) is 18.7. The molecular formula is C22H25N4OPS. The number of carbonyl (C=O) groups is 1. The number of hydrogen-bond donors (Lipinski definition) is 1. The summed E-state index contributed by atoms with van der Waals surface area (Å²) in [5.41, 5.74) is 3.39. The van der Waals surface area contributed by atoms with Gasteiger partial charge in [-0.3, -0.25) is 4.79 Å². The van der Waals surface area contributed by atoms with Crippen molar-refractivity contribution in [2.75, 3.05) is 19.6 Å². The number of aromatic nitrogens is 1. The van der Waals surface area contributed by atoms with Crippen LogP contribution in [0, 0.1) is 6.92 Å². The minimum absolute atomic E-state index is 0.0700. The molecule has 1 saturated heterocycles. The number of rotatable bonds is 2. The zero-order valence-electron chi connectivity index (χ0n) is 16.9. The highest BCUT2D eigenvalue weighted by atomic mass is 32.1. The summed E-state index contributed by atoms with van der Waals surface area (Å²) >= 11 is 1.71. The van der Waals surface area contributed by atoms with Crippen LogP contribution in [0.15, 0.2) is 48.3 Å². The number of carbonyl (C=O) groups excluding carboxylic acids is 1. The third-order valence-corrected chi connectivity index (χ3v) is 8.03. The number of fused-ring (bicyclic) bond motifs is 2. The lowest BCUT2D eigenvalue weighted by atomic mass is 10.0. The van der Waals surface area contributed by atoms with Crippen LogP contribution in [0.1, 0.15) is 24.4 Å². The second kappa shape index (κ2) is 7.05. The van der Waals surface area contributed by atoms with Crippen molar-refractivity contribution in [1.29, 1.82) is 0 Å². The van der Waals surface area contributed by atoms with Crippen LogP contribution in [-0.2, 0) is 4.79 Å². The first-order valence-corrected chi connectivity index (χ1v) is 11.9. The van der Waals surface area contributed by atoms with Gasteiger partial charge in [-0.25, -0.2) is 4.98 Å². The molecule has 1 aromatic carbocycles. The van der Waals surface area contributed by atoms with Gasteiger partial charge in [-0.2, -0.15) is 0 Å². The summed E-state index contributed by atoms with van der Waals surface area (Å²) in [6.45, 7) is 9.33. The number of benzene rings is 1. The third kappa shape index (κ3) is 3.65. The standard InChI is InChI=1S/C22H25N4OPS/c1-14-24-17-6-4-15(10-19(17)29-14)18-11-20(27)26-12-16(5-7-21(26)28-18)25-9-8-23-22(2,3)13-25/h4-7,10-12,21,23,28H,8-9,13H2,1-3H3. The van der Waals surface area contributed by atoms with Crippen molar-refractivity contribution in [3.05, 3.63) is 58.9 Å². The van der Waals surface area contributed by atoms with Gasteiger partial charge < -0.3 is 15.1 Å². The summed E-state index contributed by atoms with van der Waals surface area (Å²) < 4.78 is 1.18. The lowest BCUT2D eigenvalue weighted by Crippen LogP contribution is -2.56. The molecule has 1 N–H and O–H groups in total. The number of amides is 1. The van der Waals surface area contributed by atoms with Crippen molar-refractivity contribution >= 4 is 41.4 Å². The molecule has 150 valence electrons. The van der Waals surface area contributed by atoms with Crippen molar-refractivity contribution < 1.29 is 4.79 Å². The van der Waals surface area contributed by atoms with E-state index in [0.29, 0.717) is 8.58 Å². The highest BCUT2D eigenvalue weighted by Crippen LogP contribution is 2.45. The van der Waals surface area contributed by atoms with Crippen molar-refractivity contribution in [3.63, 3.8) is 0 Å². The molecule has 1 amide bonds.